The Kier molecular flexibility index (Phi) is 1.85. The largest absolute Gasteiger partial charge is 0.279 e. The number of H-pyrrole nitrogens is 1. The lowest BCUT2D eigenvalue weighted by molar-refractivity contribution is 0.605. The number of nitrogens with zero attached hydrogens (tertiary/aromatic N) is 2. The van der Waals surface area contributed by atoms with Crippen LogP contribution in [-0.2, 0) is 9.05 Å². The van der Waals surface area contributed by atoms with E-state index in [0.29, 0.717) is 0 Å². The van der Waals surface area contributed by atoms with Gasteiger partial charge in [0.2, 0.25) is 0 Å². The van der Waals surface area contributed by atoms with Gasteiger partial charge in [-0.1, -0.05) is 0 Å². The predicted octanol–water partition coefficient (Wildman–Crippen LogP) is 0.209. The molecule has 58 valence electrons. The molecule has 0 spiro atoms. The van der Waals surface area contributed by atoms with E-state index >= 15 is 0 Å². The number of hydrogen-bond acceptors (Lipinski definition) is 4. The Morgan fingerprint density at radius 1 is 1.73 bits per heavy atom. The molecule has 0 amide bonds. The highest BCUT2D eigenvalue weighted by molar-refractivity contribution is 8.13. The molecule has 1 aromatic heterocycles. The summed E-state index contributed by atoms with van der Waals surface area (Å²) in [6.07, 6.45) is 1.09. The lowest BCUT2D eigenvalue weighted by Gasteiger charge is -1.87. The van der Waals surface area contributed by atoms with E-state index in [-0.39, 0.29) is 10.6 Å². The second-order valence-electron chi connectivity index (χ2n) is 1.66. The smallest absolute Gasteiger partial charge is 0.265 e. The third-order valence-electron chi connectivity index (χ3n) is 0.969. The van der Waals surface area contributed by atoms with E-state index in [1.54, 1.807) is 6.07 Å². The van der Waals surface area contributed by atoms with Crippen LogP contribution < -0.4 is 0 Å². The van der Waals surface area contributed by atoms with Crippen molar-refractivity contribution in [3.8, 4) is 6.07 Å². The van der Waals surface area contributed by atoms with Crippen molar-refractivity contribution in [2.45, 2.75) is 5.03 Å². The zero-order valence-corrected chi connectivity index (χ0v) is 6.65. The summed E-state index contributed by atoms with van der Waals surface area (Å²) in [5.74, 6) is 0. The molecule has 5 nitrogen and oxygen atoms in total. The predicted molar refractivity (Wildman–Crippen MR) is 36.3 cm³/mol. The summed E-state index contributed by atoms with van der Waals surface area (Å²) in [6, 6.07) is 1.62. The third-order valence-corrected chi connectivity index (χ3v) is 2.23. The molecule has 11 heavy (non-hydrogen) atoms. The van der Waals surface area contributed by atoms with Gasteiger partial charge in [-0.25, -0.2) is 8.42 Å². The van der Waals surface area contributed by atoms with Crippen LogP contribution in [0.4, 0.5) is 0 Å². The lowest BCUT2D eigenvalue weighted by Crippen LogP contribution is -1.93. The van der Waals surface area contributed by atoms with E-state index in [4.69, 9.17) is 15.9 Å². The van der Waals surface area contributed by atoms with Crippen LogP contribution in [0.1, 0.15) is 5.56 Å². The zero-order valence-electron chi connectivity index (χ0n) is 5.07. The maximum atomic E-state index is 10.6. The summed E-state index contributed by atoms with van der Waals surface area (Å²) in [7, 11) is 1.06. The van der Waals surface area contributed by atoms with Crippen LogP contribution in [0, 0.1) is 11.3 Å². The van der Waals surface area contributed by atoms with Gasteiger partial charge in [0, 0.05) is 10.7 Å². The maximum Gasteiger partial charge on any atom is 0.279 e. The van der Waals surface area contributed by atoms with Crippen molar-refractivity contribution >= 4 is 19.7 Å². The Bertz CT molecular complexity index is 401. The van der Waals surface area contributed by atoms with Gasteiger partial charge in [-0.3, -0.25) is 5.10 Å². The van der Waals surface area contributed by atoms with Crippen LogP contribution in [0.2, 0.25) is 0 Å². The van der Waals surface area contributed by atoms with Gasteiger partial charge in [0.1, 0.15) is 11.6 Å². The van der Waals surface area contributed by atoms with Gasteiger partial charge in [0.15, 0.2) is 5.03 Å². The van der Waals surface area contributed by atoms with Gasteiger partial charge in [-0.15, -0.1) is 0 Å². The number of hydrogen-bond donors (Lipinski definition) is 1. The fourth-order valence-electron chi connectivity index (χ4n) is 0.540. The summed E-state index contributed by atoms with van der Waals surface area (Å²) in [4.78, 5) is 0. The van der Waals surface area contributed by atoms with Crippen LogP contribution >= 0.6 is 10.7 Å². The molecule has 0 saturated heterocycles. The Morgan fingerprint density at radius 3 is 2.73 bits per heavy atom. The molecule has 1 aromatic rings. The van der Waals surface area contributed by atoms with E-state index in [0.717, 1.165) is 6.20 Å². The van der Waals surface area contributed by atoms with Crippen molar-refractivity contribution in [1.82, 2.24) is 10.2 Å². The highest BCUT2D eigenvalue weighted by Crippen LogP contribution is 2.14. The van der Waals surface area contributed by atoms with Crippen LogP contribution in [-0.4, -0.2) is 18.6 Å². The van der Waals surface area contributed by atoms with Gasteiger partial charge in [0.05, 0.1) is 6.20 Å². The monoisotopic (exact) mass is 191 g/mol. The number of nitriles is 1. The average molecular weight is 192 g/mol. The Balaban J connectivity index is 3.39. The summed E-state index contributed by atoms with van der Waals surface area (Å²) in [6.45, 7) is 0. The van der Waals surface area contributed by atoms with Crippen molar-refractivity contribution < 1.29 is 8.42 Å². The van der Waals surface area contributed by atoms with Crippen molar-refractivity contribution in [2.24, 2.45) is 0 Å². The number of aromatic amines is 1. The van der Waals surface area contributed by atoms with Gasteiger partial charge >= 0.3 is 0 Å². The topological polar surface area (TPSA) is 86.6 Å². The summed E-state index contributed by atoms with van der Waals surface area (Å²) in [5.41, 5.74) is -0.0833. The molecule has 0 saturated carbocycles. The molecule has 7 heteroatoms. The van der Waals surface area contributed by atoms with Gasteiger partial charge in [0.25, 0.3) is 9.05 Å². The minimum absolute atomic E-state index is 0.0833. The molecular formula is C4H2ClN3O2S. The molecule has 0 bridgehead atoms. The minimum atomic E-state index is -3.87. The fraction of sp³-hybridized carbons (Fsp3) is 0. The maximum absolute atomic E-state index is 10.6. The number of rotatable bonds is 1. The SMILES string of the molecule is N#Cc1cn[nH]c1S(=O)(=O)Cl. The summed E-state index contributed by atoms with van der Waals surface area (Å²) >= 11 is 0. The number of aromatic nitrogens is 2. The van der Waals surface area contributed by atoms with Crippen LogP contribution in [0.15, 0.2) is 11.2 Å². The first-order chi connectivity index (χ1) is 5.05. The van der Waals surface area contributed by atoms with Crippen molar-refractivity contribution in [1.29, 1.82) is 5.26 Å². The highest BCUT2D eigenvalue weighted by Gasteiger charge is 2.17. The molecule has 1 N–H and O–H groups in total. The molecule has 0 aliphatic carbocycles. The molecule has 0 atom stereocenters. The Labute approximate surface area is 67.0 Å². The molecule has 1 rings (SSSR count). The lowest BCUT2D eigenvalue weighted by atomic mass is 10.4. The van der Waals surface area contributed by atoms with Crippen LogP contribution in [0.25, 0.3) is 0 Å². The van der Waals surface area contributed by atoms with Crippen LogP contribution in [0.3, 0.4) is 0 Å². The molecule has 0 aliphatic heterocycles. The van der Waals surface area contributed by atoms with Crippen molar-refractivity contribution in [2.75, 3.05) is 0 Å². The van der Waals surface area contributed by atoms with Gasteiger partial charge in [-0.05, 0) is 0 Å². The van der Waals surface area contributed by atoms with E-state index in [1.807, 2.05) is 0 Å². The number of halogens is 1. The van der Waals surface area contributed by atoms with E-state index in [2.05, 4.69) is 10.2 Å². The standard InChI is InChI=1S/C4H2ClN3O2S/c5-11(9,10)4-3(1-6)2-7-8-4/h2H,(H,7,8). The highest BCUT2D eigenvalue weighted by atomic mass is 35.7. The first-order valence-electron chi connectivity index (χ1n) is 2.44. The molecule has 0 aromatic carbocycles. The zero-order chi connectivity index (χ0) is 8.48. The normalized spacial score (nSPS) is 10.9. The van der Waals surface area contributed by atoms with E-state index in [1.165, 1.54) is 0 Å². The Morgan fingerprint density at radius 2 is 2.36 bits per heavy atom. The molecule has 0 radical (unpaired) electrons. The molecule has 0 unspecified atom stereocenters. The average Bonchev–Trinajstić information content (AvgIpc) is 2.31. The first kappa shape index (κ1) is 8.04. The van der Waals surface area contributed by atoms with E-state index < -0.39 is 9.05 Å². The molecule has 1 heterocycles. The molecular weight excluding hydrogens is 190 g/mol. The second-order valence-corrected chi connectivity index (χ2v) is 4.17. The van der Waals surface area contributed by atoms with Crippen LogP contribution in [0.5, 0.6) is 0 Å². The summed E-state index contributed by atoms with van der Waals surface area (Å²) < 4.78 is 21.2. The van der Waals surface area contributed by atoms with Gasteiger partial charge in [-0.2, -0.15) is 10.4 Å². The van der Waals surface area contributed by atoms with E-state index in [9.17, 15) is 8.42 Å². The molecule has 0 fully saturated rings. The second kappa shape index (κ2) is 2.53. The quantitative estimate of drug-likeness (QED) is 0.643. The first-order valence-corrected chi connectivity index (χ1v) is 4.75. The van der Waals surface area contributed by atoms with Gasteiger partial charge < -0.3 is 0 Å². The number of nitrogens with one attached hydrogen (secondary N) is 1. The summed E-state index contributed by atoms with van der Waals surface area (Å²) in [5, 5.41) is 13.4. The van der Waals surface area contributed by atoms with Crippen molar-refractivity contribution in [3.63, 3.8) is 0 Å². The fourth-order valence-corrected chi connectivity index (χ4v) is 1.42. The molecule has 0 aliphatic rings. The third kappa shape index (κ3) is 1.50. The minimum Gasteiger partial charge on any atom is -0.265 e. The van der Waals surface area contributed by atoms with Crippen molar-refractivity contribution in [3.05, 3.63) is 11.8 Å². The Hall–Kier alpha value is -1.06.